The SMILES string of the molecule is C[C@@]12CCC(=O)N1[C@H](C(=O)OCC(=O)NCCOc1ccc(Cl)cc1)CS2. The number of thioether (sulfide) groups is 1. The van der Waals surface area contributed by atoms with E-state index in [4.69, 9.17) is 21.1 Å². The zero-order valence-electron chi connectivity index (χ0n) is 14.9. The van der Waals surface area contributed by atoms with Crippen LogP contribution >= 0.6 is 23.4 Å². The Morgan fingerprint density at radius 1 is 1.37 bits per heavy atom. The molecule has 0 aromatic heterocycles. The first-order valence-electron chi connectivity index (χ1n) is 8.67. The highest BCUT2D eigenvalue weighted by atomic mass is 35.5. The molecule has 1 aromatic carbocycles. The van der Waals surface area contributed by atoms with E-state index in [0.29, 0.717) is 22.9 Å². The lowest BCUT2D eigenvalue weighted by molar-refractivity contribution is -0.156. The second-order valence-corrected chi connectivity index (χ2v) is 8.46. The van der Waals surface area contributed by atoms with E-state index in [1.165, 1.54) is 0 Å². The summed E-state index contributed by atoms with van der Waals surface area (Å²) >= 11 is 7.37. The van der Waals surface area contributed by atoms with Gasteiger partial charge in [-0.2, -0.15) is 0 Å². The van der Waals surface area contributed by atoms with Gasteiger partial charge in [0.05, 0.1) is 11.4 Å². The number of amides is 2. The fourth-order valence-corrected chi connectivity index (χ4v) is 4.71. The van der Waals surface area contributed by atoms with Crippen LogP contribution in [0.25, 0.3) is 0 Å². The first kappa shape index (κ1) is 19.8. The molecule has 27 heavy (non-hydrogen) atoms. The topological polar surface area (TPSA) is 84.9 Å². The van der Waals surface area contributed by atoms with Gasteiger partial charge in [-0.25, -0.2) is 4.79 Å². The Kier molecular flexibility index (Phi) is 6.16. The number of halogens is 1. The van der Waals surface area contributed by atoms with Crippen molar-refractivity contribution in [1.29, 1.82) is 0 Å². The van der Waals surface area contributed by atoms with Crippen LogP contribution in [-0.2, 0) is 19.1 Å². The maximum absolute atomic E-state index is 12.3. The molecule has 0 aliphatic carbocycles. The number of ether oxygens (including phenoxy) is 2. The number of esters is 1. The molecule has 2 aliphatic rings. The third-order valence-electron chi connectivity index (χ3n) is 4.57. The zero-order chi connectivity index (χ0) is 19.4. The molecule has 2 heterocycles. The average molecular weight is 413 g/mol. The van der Waals surface area contributed by atoms with E-state index in [1.54, 1.807) is 40.9 Å². The van der Waals surface area contributed by atoms with E-state index >= 15 is 0 Å². The van der Waals surface area contributed by atoms with Crippen molar-refractivity contribution in [2.24, 2.45) is 0 Å². The molecule has 7 nitrogen and oxygen atoms in total. The molecule has 2 saturated heterocycles. The van der Waals surface area contributed by atoms with Gasteiger partial charge in [-0.1, -0.05) is 11.6 Å². The normalized spacial score (nSPS) is 23.9. The van der Waals surface area contributed by atoms with Crippen molar-refractivity contribution in [3.63, 3.8) is 0 Å². The van der Waals surface area contributed by atoms with Crippen molar-refractivity contribution in [2.45, 2.75) is 30.7 Å². The Morgan fingerprint density at radius 2 is 2.11 bits per heavy atom. The molecule has 1 aromatic rings. The van der Waals surface area contributed by atoms with Gasteiger partial charge in [-0.05, 0) is 37.6 Å². The summed E-state index contributed by atoms with van der Waals surface area (Å²) in [4.78, 5) is 37.4. The lowest BCUT2D eigenvalue weighted by atomic mass is 10.2. The molecule has 146 valence electrons. The smallest absolute Gasteiger partial charge is 0.330 e. The van der Waals surface area contributed by atoms with Crippen LogP contribution in [0.4, 0.5) is 0 Å². The minimum Gasteiger partial charge on any atom is -0.492 e. The number of hydrogen-bond acceptors (Lipinski definition) is 6. The van der Waals surface area contributed by atoms with E-state index in [2.05, 4.69) is 5.32 Å². The Bertz CT molecular complexity index is 729. The predicted octanol–water partition coefficient (Wildman–Crippen LogP) is 1.83. The Hall–Kier alpha value is -1.93. The number of carbonyl (C=O) groups is 3. The number of benzene rings is 1. The summed E-state index contributed by atoms with van der Waals surface area (Å²) < 4.78 is 10.6. The summed E-state index contributed by atoms with van der Waals surface area (Å²) in [6, 6.07) is 6.28. The van der Waals surface area contributed by atoms with Gasteiger partial charge in [-0.15, -0.1) is 11.8 Å². The average Bonchev–Trinajstić information content (AvgIpc) is 3.14. The van der Waals surface area contributed by atoms with E-state index < -0.39 is 17.9 Å². The van der Waals surface area contributed by atoms with Crippen LogP contribution in [0.3, 0.4) is 0 Å². The maximum Gasteiger partial charge on any atom is 0.330 e. The van der Waals surface area contributed by atoms with Crippen molar-refractivity contribution in [2.75, 3.05) is 25.5 Å². The molecule has 1 N–H and O–H groups in total. The van der Waals surface area contributed by atoms with E-state index in [0.717, 1.165) is 6.42 Å². The van der Waals surface area contributed by atoms with Gasteiger partial charge in [-0.3, -0.25) is 9.59 Å². The van der Waals surface area contributed by atoms with Crippen LogP contribution in [0.2, 0.25) is 5.02 Å². The molecule has 2 amide bonds. The summed E-state index contributed by atoms with van der Waals surface area (Å²) in [6.07, 6.45) is 1.18. The highest BCUT2D eigenvalue weighted by Gasteiger charge is 2.53. The molecular weight excluding hydrogens is 392 g/mol. The second kappa shape index (κ2) is 8.39. The molecule has 0 saturated carbocycles. The molecule has 3 rings (SSSR count). The standard InChI is InChI=1S/C18H21ClN2O5S/c1-18-7-6-16(23)21(18)14(11-27-18)17(24)26-10-15(22)20-8-9-25-13-4-2-12(19)3-5-13/h2-5,14H,6-11H2,1H3,(H,20,22)/t14-,18+/m0/s1. The number of rotatable bonds is 7. The van der Waals surface area contributed by atoms with Crippen molar-refractivity contribution in [1.82, 2.24) is 10.2 Å². The van der Waals surface area contributed by atoms with Crippen molar-refractivity contribution >= 4 is 41.1 Å². The number of carbonyl (C=O) groups excluding carboxylic acids is 3. The fourth-order valence-electron chi connectivity index (χ4n) is 3.17. The van der Waals surface area contributed by atoms with E-state index in [1.807, 2.05) is 6.92 Å². The monoisotopic (exact) mass is 412 g/mol. The molecule has 2 fully saturated rings. The lowest BCUT2D eigenvalue weighted by Crippen LogP contribution is -2.47. The van der Waals surface area contributed by atoms with Gasteiger partial charge >= 0.3 is 5.97 Å². The molecular formula is C18H21ClN2O5S. The number of nitrogens with zero attached hydrogens (tertiary/aromatic N) is 1. The molecule has 0 bridgehead atoms. The van der Waals surface area contributed by atoms with Gasteiger partial charge in [0.15, 0.2) is 6.61 Å². The molecule has 9 heteroatoms. The number of nitrogens with one attached hydrogen (secondary N) is 1. The van der Waals surface area contributed by atoms with Crippen molar-refractivity contribution < 1.29 is 23.9 Å². The van der Waals surface area contributed by atoms with Crippen LogP contribution in [-0.4, -0.2) is 59.1 Å². The van der Waals surface area contributed by atoms with E-state index in [9.17, 15) is 14.4 Å². The number of hydrogen-bond donors (Lipinski definition) is 1. The van der Waals surface area contributed by atoms with Gasteiger partial charge in [0.25, 0.3) is 5.91 Å². The zero-order valence-corrected chi connectivity index (χ0v) is 16.5. The van der Waals surface area contributed by atoms with Crippen LogP contribution in [0.15, 0.2) is 24.3 Å². The summed E-state index contributed by atoms with van der Waals surface area (Å²) in [5.74, 6) is 0.168. The van der Waals surface area contributed by atoms with E-state index in [-0.39, 0.29) is 30.5 Å². The first-order chi connectivity index (χ1) is 12.9. The maximum atomic E-state index is 12.3. The molecule has 0 spiro atoms. The summed E-state index contributed by atoms with van der Waals surface area (Å²) in [5, 5.41) is 3.24. The molecule has 2 aliphatic heterocycles. The minimum absolute atomic E-state index is 0.0340. The lowest BCUT2D eigenvalue weighted by Gasteiger charge is -2.29. The van der Waals surface area contributed by atoms with Gasteiger partial charge in [0.2, 0.25) is 5.91 Å². The van der Waals surface area contributed by atoms with Crippen LogP contribution < -0.4 is 10.1 Å². The molecule has 0 unspecified atom stereocenters. The van der Waals surface area contributed by atoms with Crippen LogP contribution in [0.5, 0.6) is 5.75 Å². The third-order valence-corrected chi connectivity index (χ3v) is 6.33. The van der Waals surface area contributed by atoms with Crippen molar-refractivity contribution in [3.05, 3.63) is 29.3 Å². The van der Waals surface area contributed by atoms with Crippen molar-refractivity contribution in [3.8, 4) is 5.75 Å². The number of fused-ring (bicyclic) bond motifs is 1. The quantitative estimate of drug-likeness (QED) is 0.543. The highest BCUT2D eigenvalue weighted by molar-refractivity contribution is 8.01. The largest absolute Gasteiger partial charge is 0.492 e. The first-order valence-corrected chi connectivity index (χ1v) is 10.0. The van der Waals surface area contributed by atoms with Gasteiger partial charge in [0.1, 0.15) is 18.4 Å². The van der Waals surface area contributed by atoms with Crippen LogP contribution in [0.1, 0.15) is 19.8 Å². The summed E-state index contributed by atoms with van der Waals surface area (Å²) in [5.41, 5.74) is 0. The summed E-state index contributed by atoms with van der Waals surface area (Å²) in [7, 11) is 0. The van der Waals surface area contributed by atoms with Crippen LogP contribution in [0, 0.1) is 0 Å². The molecule has 0 radical (unpaired) electrons. The van der Waals surface area contributed by atoms with Gasteiger partial charge < -0.3 is 19.7 Å². The van der Waals surface area contributed by atoms with Gasteiger partial charge in [0, 0.05) is 17.2 Å². The Morgan fingerprint density at radius 3 is 2.85 bits per heavy atom. The Balaban J connectivity index is 1.36. The molecule has 2 atom stereocenters. The third kappa shape index (κ3) is 4.68. The predicted molar refractivity (Wildman–Crippen MR) is 102 cm³/mol. The minimum atomic E-state index is -0.615. The fraction of sp³-hybridized carbons (Fsp3) is 0.500. The highest BCUT2D eigenvalue weighted by Crippen LogP contribution is 2.47. The summed E-state index contributed by atoms with van der Waals surface area (Å²) in [6.45, 7) is 2.14. The second-order valence-electron chi connectivity index (χ2n) is 6.53. The Labute approximate surface area is 166 Å².